The average Bonchev–Trinajstić information content (AvgIpc) is 2.87. The molecule has 0 radical (unpaired) electrons. The lowest BCUT2D eigenvalue weighted by Gasteiger charge is -2.10. The van der Waals surface area contributed by atoms with Crippen molar-refractivity contribution in [1.82, 2.24) is 0 Å². The molecule has 1 fully saturated rings. The van der Waals surface area contributed by atoms with E-state index in [4.69, 9.17) is 4.18 Å². The molecule has 20 heavy (non-hydrogen) atoms. The molecule has 4 nitrogen and oxygen atoms in total. The number of unbranched alkanes of at least 4 members (excludes halogenated alkanes) is 3. The molecule has 0 saturated heterocycles. The van der Waals surface area contributed by atoms with Crippen LogP contribution in [0.3, 0.4) is 0 Å². The van der Waals surface area contributed by atoms with Crippen LogP contribution in [0.2, 0.25) is 0 Å². The Morgan fingerprint density at radius 1 is 1.05 bits per heavy atom. The third-order valence-electron chi connectivity index (χ3n) is 3.74. The van der Waals surface area contributed by atoms with Crippen LogP contribution >= 0.6 is 0 Å². The second-order valence-corrected chi connectivity index (χ2v) is 7.43. The summed E-state index contributed by atoms with van der Waals surface area (Å²) < 4.78 is 28.7. The highest BCUT2D eigenvalue weighted by Gasteiger charge is 2.22. The molecule has 0 heterocycles. The molecule has 0 atom stereocenters. The third-order valence-corrected chi connectivity index (χ3v) is 5.10. The Morgan fingerprint density at radius 3 is 2.35 bits per heavy atom. The molecule has 0 aromatic heterocycles. The maximum Gasteiger partial charge on any atom is 0.267 e. The molecule has 1 rings (SSSR count). The summed E-state index contributed by atoms with van der Waals surface area (Å²) in [5.41, 5.74) is 0. The molecule has 0 bridgehead atoms. The number of ketones is 1. The Kier molecular flexibility index (Phi) is 8.38. The van der Waals surface area contributed by atoms with Crippen LogP contribution in [0, 0.1) is 0 Å². The second-order valence-electron chi connectivity index (χ2n) is 5.72. The van der Waals surface area contributed by atoms with Gasteiger partial charge in [-0.05, 0) is 32.1 Å². The molecule has 1 saturated carbocycles. The van der Waals surface area contributed by atoms with Gasteiger partial charge in [0, 0.05) is 12.8 Å². The smallest absolute Gasteiger partial charge is 0.267 e. The van der Waals surface area contributed by atoms with E-state index in [9.17, 15) is 13.2 Å². The van der Waals surface area contributed by atoms with Crippen LogP contribution < -0.4 is 0 Å². The molecule has 0 aromatic carbocycles. The number of hydrogen-bond acceptors (Lipinski definition) is 4. The first kappa shape index (κ1) is 17.6. The lowest BCUT2D eigenvalue weighted by Crippen LogP contribution is -2.18. The van der Waals surface area contributed by atoms with Gasteiger partial charge in [-0.2, -0.15) is 8.42 Å². The zero-order chi connectivity index (χ0) is 14.8. The highest BCUT2D eigenvalue weighted by atomic mass is 32.2. The molecule has 0 amide bonds. The standard InChI is InChI=1S/C15H28O4S/c1-2-3-9-14(16)10-5-4-8-13-20(17,18)19-15-11-6-7-12-15/h15H,2-13H2,1H3. The van der Waals surface area contributed by atoms with Gasteiger partial charge >= 0.3 is 0 Å². The largest absolute Gasteiger partial charge is 0.300 e. The minimum Gasteiger partial charge on any atom is -0.300 e. The molecule has 5 heteroatoms. The van der Waals surface area contributed by atoms with Crippen LogP contribution in [0.4, 0.5) is 0 Å². The lowest BCUT2D eigenvalue weighted by molar-refractivity contribution is -0.119. The Morgan fingerprint density at radius 2 is 1.70 bits per heavy atom. The number of rotatable bonds is 11. The molecular weight excluding hydrogens is 276 g/mol. The Balaban J connectivity index is 2.06. The molecule has 0 aromatic rings. The predicted molar refractivity (Wildman–Crippen MR) is 80.1 cm³/mol. The van der Waals surface area contributed by atoms with Gasteiger partial charge in [0.2, 0.25) is 0 Å². The molecule has 0 spiro atoms. The lowest BCUT2D eigenvalue weighted by atomic mass is 10.1. The fourth-order valence-electron chi connectivity index (χ4n) is 2.52. The van der Waals surface area contributed by atoms with E-state index in [2.05, 4.69) is 6.92 Å². The normalized spacial score (nSPS) is 16.6. The van der Waals surface area contributed by atoms with Gasteiger partial charge < -0.3 is 0 Å². The first-order valence-corrected chi connectivity index (χ1v) is 9.54. The monoisotopic (exact) mass is 304 g/mol. The van der Waals surface area contributed by atoms with E-state index in [0.29, 0.717) is 25.0 Å². The molecule has 0 aliphatic heterocycles. The van der Waals surface area contributed by atoms with Crippen molar-refractivity contribution in [2.24, 2.45) is 0 Å². The van der Waals surface area contributed by atoms with E-state index < -0.39 is 10.1 Å². The van der Waals surface area contributed by atoms with Crippen LogP contribution in [0.5, 0.6) is 0 Å². The summed E-state index contributed by atoms with van der Waals surface area (Å²) in [5, 5.41) is 0. The van der Waals surface area contributed by atoms with Gasteiger partial charge in [-0.15, -0.1) is 0 Å². The van der Waals surface area contributed by atoms with Crippen molar-refractivity contribution in [3.8, 4) is 0 Å². The Labute approximate surface area is 123 Å². The van der Waals surface area contributed by atoms with Gasteiger partial charge in [-0.3, -0.25) is 8.98 Å². The van der Waals surface area contributed by atoms with Crippen molar-refractivity contribution in [3.05, 3.63) is 0 Å². The quantitative estimate of drug-likeness (QED) is 0.432. The zero-order valence-corrected chi connectivity index (χ0v) is 13.4. The minimum atomic E-state index is -3.36. The predicted octanol–water partition coefficient (Wildman–Crippen LogP) is 3.60. The van der Waals surface area contributed by atoms with Crippen LogP contribution in [0.1, 0.15) is 77.6 Å². The number of hydrogen-bond donors (Lipinski definition) is 0. The van der Waals surface area contributed by atoms with E-state index in [0.717, 1.165) is 51.4 Å². The van der Waals surface area contributed by atoms with E-state index in [1.807, 2.05) is 0 Å². The molecule has 0 N–H and O–H groups in total. The van der Waals surface area contributed by atoms with Crippen LogP contribution in [-0.2, 0) is 19.1 Å². The summed E-state index contributed by atoms with van der Waals surface area (Å²) in [6.45, 7) is 2.07. The van der Waals surface area contributed by atoms with Crippen LogP contribution in [-0.4, -0.2) is 26.1 Å². The third kappa shape index (κ3) is 8.00. The van der Waals surface area contributed by atoms with E-state index in [1.54, 1.807) is 0 Å². The summed E-state index contributed by atoms with van der Waals surface area (Å²) in [4.78, 5) is 11.4. The summed E-state index contributed by atoms with van der Waals surface area (Å²) in [7, 11) is -3.36. The first-order chi connectivity index (χ1) is 9.53. The fourth-order valence-corrected chi connectivity index (χ4v) is 3.78. The van der Waals surface area contributed by atoms with Crippen molar-refractivity contribution in [2.75, 3.05) is 5.75 Å². The Bertz CT molecular complexity index is 369. The minimum absolute atomic E-state index is 0.0874. The topological polar surface area (TPSA) is 60.4 Å². The number of carbonyl (C=O) groups excluding carboxylic acids is 1. The Hall–Kier alpha value is -0.420. The average molecular weight is 304 g/mol. The maximum atomic E-state index is 11.7. The summed E-state index contributed by atoms with van der Waals surface area (Å²) in [5.74, 6) is 0.393. The molecule has 0 unspecified atom stereocenters. The molecular formula is C15H28O4S. The van der Waals surface area contributed by atoms with E-state index in [1.165, 1.54) is 0 Å². The fraction of sp³-hybridized carbons (Fsp3) is 0.933. The van der Waals surface area contributed by atoms with Gasteiger partial charge in [0.15, 0.2) is 0 Å². The zero-order valence-electron chi connectivity index (χ0n) is 12.6. The number of Topliss-reactive ketones (excluding diaryl/α,β-unsaturated/α-hetero) is 1. The van der Waals surface area contributed by atoms with Crippen molar-refractivity contribution in [3.63, 3.8) is 0 Å². The van der Waals surface area contributed by atoms with Crippen molar-refractivity contribution < 1.29 is 17.4 Å². The van der Waals surface area contributed by atoms with E-state index >= 15 is 0 Å². The van der Waals surface area contributed by atoms with E-state index in [-0.39, 0.29) is 11.9 Å². The van der Waals surface area contributed by atoms with Crippen molar-refractivity contribution >= 4 is 15.9 Å². The second kappa shape index (κ2) is 9.50. The van der Waals surface area contributed by atoms with Crippen LogP contribution in [0.25, 0.3) is 0 Å². The van der Waals surface area contributed by atoms with Gasteiger partial charge in [-0.25, -0.2) is 0 Å². The van der Waals surface area contributed by atoms with Gasteiger partial charge in [0.25, 0.3) is 10.1 Å². The summed E-state index contributed by atoms with van der Waals surface area (Å²) in [6, 6.07) is 0. The van der Waals surface area contributed by atoms with Gasteiger partial charge in [0.05, 0.1) is 11.9 Å². The number of carbonyl (C=O) groups is 1. The highest BCUT2D eigenvalue weighted by Crippen LogP contribution is 2.23. The van der Waals surface area contributed by atoms with Gasteiger partial charge in [-0.1, -0.05) is 32.6 Å². The summed E-state index contributed by atoms with van der Waals surface area (Å²) >= 11 is 0. The molecule has 1 aliphatic carbocycles. The van der Waals surface area contributed by atoms with Crippen molar-refractivity contribution in [2.45, 2.75) is 83.7 Å². The molecule has 1 aliphatic rings. The molecule has 118 valence electrons. The van der Waals surface area contributed by atoms with Crippen molar-refractivity contribution in [1.29, 1.82) is 0 Å². The summed E-state index contributed by atoms with van der Waals surface area (Å²) in [6.07, 6.45) is 9.21. The highest BCUT2D eigenvalue weighted by molar-refractivity contribution is 7.86. The SMILES string of the molecule is CCCCC(=O)CCCCCS(=O)(=O)OC1CCCC1. The first-order valence-electron chi connectivity index (χ1n) is 7.96. The van der Waals surface area contributed by atoms with Crippen LogP contribution in [0.15, 0.2) is 0 Å². The van der Waals surface area contributed by atoms with Gasteiger partial charge in [0.1, 0.15) is 5.78 Å². The maximum absolute atomic E-state index is 11.7.